The fourth-order valence-electron chi connectivity index (χ4n) is 1.90. The van der Waals surface area contributed by atoms with Gasteiger partial charge >= 0.3 is 0 Å². The molecule has 2 heteroatoms. The molecule has 1 N–H and O–H groups in total. The summed E-state index contributed by atoms with van der Waals surface area (Å²) in [4.78, 5) is 0. The van der Waals surface area contributed by atoms with Crippen molar-refractivity contribution in [1.29, 1.82) is 0 Å². The Morgan fingerprint density at radius 1 is 1.33 bits per heavy atom. The lowest BCUT2D eigenvalue weighted by atomic mass is 9.93. The van der Waals surface area contributed by atoms with Crippen molar-refractivity contribution in [2.75, 3.05) is 0 Å². The zero-order valence-corrected chi connectivity index (χ0v) is 9.75. The van der Waals surface area contributed by atoms with E-state index < -0.39 is 0 Å². The molecule has 2 nitrogen and oxygen atoms in total. The van der Waals surface area contributed by atoms with Crippen LogP contribution in [0.3, 0.4) is 0 Å². The van der Waals surface area contributed by atoms with E-state index in [4.69, 9.17) is 5.21 Å². The maximum absolute atomic E-state index is 8.83. The smallest absolute Gasteiger partial charge is 0.0839 e. The number of hydrogen-bond donors (Lipinski definition) is 1. The molecule has 0 saturated heterocycles. The number of benzene rings is 1. The van der Waals surface area contributed by atoms with Crippen molar-refractivity contribution in [3.63, 3.8) is 0 Å². The van der Waals surface area contributed by atoms with E-state index in [1.807, 2.05) is 19.1 Å². The third-order valence-electron chi connectivity index (χ3n) is 2.69. The highest BCUT2D eigenvalue weighted by Gasteiger charge is 2.08. The number of oxime groups is 1. The van der Waals surface area contributed by atoms with Gasteiger partial charge in [-0.1, -0.05) is 43.6 Å². The van der Waals surface area contributed by atoms with Gasteiger partial charge in [-0.2, -0.15) is 0 Å². The predicted octanol–water partition coefficient (Wildman–Crippen LogP) is 3.40. The first-order valence-electron chi connectivity index (χ1n) is 5.54. The van der Waals surface area contributed by atoms with E-state index in [0.717, 1.165) is 24.8 Å². The Labute approximate surface area is 91.6 Å². The lowest BCUT2D eigenvalue weighted by Crippen LogP contribution is -2.04. The summed E-state index contributed by atoms with van der Waals surface area (Å²) in [6.45, 7) is 6.17. The van der Waals surface area contributed by atoms with Gasteiger partial charge in [0.2, 0.25) is 0 Å². The molecule has 0 saturated carbocycles. The standard InChI is InChI=1S/C13H19NO/c1-4-7-13-11(5-2)8-6-9-12(13)10(3)14-15/h6,8-9,15H,4-5,7H2,1-3H3/b14-10+. The average molecular weight is 205 g/mol. The Hall–Kier alpha value is -1.31. The molecule has 0 amide bonds. The van der Waals surface area contributed by atoms with Crippen LogP contribution in [0.15, 0.2) is 23.4 Å². The molecule has 0 radical (unpaired) electrons. The SMILES string of the molecule is CCCc1c(CC)cccc1/C(C)=N/O. The van der Waals surface area contributed by atoms with Crippen molar-refractivity contribution in [1.82, 2.24) is 0 Å². The highest BCUT2D eigenvalue weighted by atomic mass is 16.4. The molecule has 0 spiro atoms. The van der Waals surface area contributed by atoms with Crippen molar-refractivity contribution in [3.8, 4) is 0 Å². The number of nitrogens with zero attached hydrogens (tertiary/aromatic N) is 1. The highest BCUT2D eigenvalue weighted by molar-refractivity contribution is 5.99. The normalized spacial score (nSPS) is 11.8. The van der Waals surface area contributed by atoms with Gasteiger partial charge in [-0.05, 0) is 30.9 Å². The molecule has 15 heavy (non-hydrogen) atoms. The molecule has 0 unspecified atom stereocenters. The van der Waals surface area contributed by atoms with Crippen LogP contribution in [0.2, 0.25) is 0 Å². The molecule has 0 aliphatic rings. The van der Waals surface area contributed by atoms with Gasteiger partial charge in [0.25, 0.3) is 0 Å². The molecule has 0 heterocycles. The predicted molar refractivity (Wildman–Crippen MR) is 63.8 cm³/mol. The lowest BCUT2D eigenvalue weighted by molar-refractivity contribution is 0.319. The van der Waals surface area contributed by atoms with Crippen LogP contribution >= 0.6 is 0 Å². The van der Waals surface area contributed by atoms with Gasteiger partial charge in [0, 0.05) is 5.56 Å². The number of hydrogen-bond acceptors (Lipinski definition) is 2. The first-order chi connectivity index (χ1) is 7.24. The van der Waals surface area contributed by atoms with Crippen LogP contribution in [0.1, 0.15) is 43.9 Å². The summed E-state index contributed by atoms with van der Waals surface area (Å²) < 4.78 is 0. The monoisotopic (exact) mass is 205 g/mol. The molecule has 0 fully saturated rings. The Balaban J connectivity index is 3.24. The van der Waals surface area contributed by atoms with Crippen LogP contribution in [0.25, 0.3) is 0 Å². The van der Waals surface area contributed by atoms with Crippen LogP contribution in [0, 0.1) is 0 Å². The third kappa shape index (κ3) is 2.58. The molecule has 0 aliphatic carbocycles. The van der Waals surface area contributed by atoms with Gasteiger partial charge in [0.1, 0.15) is 0 Å². The summed E-state index contributed by atoms with van der Waals surface area (Å²) in [5.74, 6) is 0. The van der Waals surface area contributed by atoms with E-state index in [9.17, 15) is 0 Å². The maximum atomic E-state index is 8.83. The molecule has 1 rings (SSSR count). The Morgan fingerprint density at radius 3 is 2.60 bits per heavy atom. The summed E-state index contributed by atoms with van der Waals surface area (Å²) in [6.07, 6.45) is 3.19. The maximum Gasteiger partial charge on any atom is 0.0839 e. The molecule has 0 atom stereocenters. The van der Waals surface area contributed by atoms with Gasteiger partial charge < -0.3 is 5.21 Å². The summed E-state index contributed by atoms with van der Waals surface area (Å²) in [6, 6.07) is 6.21. The molecule has 0 aliphatic heterocycles. The van der Waals surface area contributed by atoms with Crippen LogP contribution < -0.4 is 0 Å². The minimum atomic E-state index is 0.703. The van der Waals surface area contributed by atoms with Gasteiger partial charge in [0.15, 0.2) is 0 Å². The zero-order chi connectivity index (χ0) is 11.3. The zero-order valence-electron chi connectivity index (χ0n) is 9.75. The quantitative estimate of drug-likeness (QED) is 0.456. The topological polar surface area (TPSA) is 32.6 Å². The highest BCUT2D eigenvalue weighted by Crippen LogP contribution is 2.18. The molecular formula is C13H19NO. The molecular weight excluding hydrogens is 186 g/mol. The van der Waals surface area contributed by atoms with Crippen molar-refractivity contribution in [3.05, 3.63) is 34.9 Å². The second-order valence-corrected chi connectivity index (χ2v) is 3.73. The van der Waals surface area contributed by atoms with Gasteiger partial charge in [-0.25, -0.2) is 0 Å². The van der Waals surface area contributed by atoms with Gasteiger partial charge in [-0.15, -0.1) is 0 Å². The minimum Gasteiger partial charge on any atom is -0.411 e. The van der Waals surface area contributed by atoms with Gasteiger partial charge in [-0.3, -0.25) is 0 Å². The van der Waals surface area contributed by atoms with Crippen molar-refractivity contribution >= 4 is 5.71 Å². The Morgan fingerprint density at radius 2 is 2.07 bits per heavy atom. The summed E-state index contributed by atoms with van der Waals surface area (Å²) in [7, 11) is 0. The van der Waals surface area contributed by atoms with E-state index in [1.165, 1.54) is 11.1 Å². The summed E-state index contributed by atoms with van der Waals surface area (Å²) in [5.41, 5.74) is 4.47. The average Bonchev–Trinajstić information content (AvgIpc) is 2.28. The van der Waals surface area contributed by atoms with E-state index in [-0.39, 0.29) is 0 Å². The molecule has 1 aromatic rings. The second kappa shape index (κ2) is 5.54. The molecule has 82 valence electrons. The fraction of sp³-hybridized carbons (Fsp3) is 0.462. The van der Waals surface area contributed by atoms with Crippen LogP contribution in [0.5, 0.6) is 0 Å². The summed E-state index contributed by atoms with van der Waals surface area (Å²) in [5, 5.41) is 12.1. The van der Waals surface area contributed by atoms with Crippen LogP contribution in [0.4, 0.5) is 0 Å². The Kier molecular flexibility index (Phi) is 4.35. The third-order valence-corrected chi connectivity index (χ3v) is 2.69. The lowest BCUT2D eigenvalue weighted by Gasteiger charge is -2.12. The first kappa shape index (κ1) is 11.8. The molecule has 1 aromatic carbocycles. The van der Waals surface area contributed by atoms with E-state index >= 15 is 0 Å². The first-order valence-corrected chi connectivity index (χ1v) is 5.54. The molecule has 0 bridgehead atoms. The second-order valence-electron chi connectivity index (χ2n) is 3.73. The fourth-order valence-corrected chi connectivity index (χ4v) is 1.90. The van der Waals surface area contributed by atoms with Crippen molar-refractivity contribution in [2.24, 2.45) is 5.16 Å². The van der Waals surface area contributed by atoms with Crippen molar-refractivity contribution in [2.45, 2.75) is 40.0 Å². The van der Waals surface area contributed by atoms with E-state index in [0.29, 0.717) is 5.71 Å². The van der Waals surface area contributed by atoms with E-state index in [1.54, 1.807) is 0 Å². The van der Waals surface area contributed by atoms with Gasteiger partial charge in [0.05, 0.1) is 5.71 Å². The summed E-state index contributed by atoms with van der Waals surface area (Å²) >= 11 is 0. The van der Waals surface area contributed by atoms with Crippen LogP contribution in [-0.4, -0.2) is 10.9 Å². The minimum absolute atomic E-state index is 0.703. The van der Waals surface area contributed by atoms with Crippen molar-refractivity contribution < 1.29 is 5.21 Å². The molecule has 0 aromatic heterocycles. The van der Waals surface area contributed by atoms with E-state index in [2.05, 4.69) is 25.1 Å². The largest absolute Gasteiger partial charge is 0.411 e. The number of aryl methyl sites for hydroxylation is 1. The van der Waals surface area contributed by atoms with Crippen LogP contribution in [-0.2, 0) is 12.8 Å². The number of rotatable bonds is 4. The Bertz CT molecular complexity index is 356.